The van der Waals surface area contributed by atoms with Gasteiger partial charge in [-0.3, -0.25) is 4.79 Å². The lowest BCUT2D eigenvalue weighted by Gasteiger charge is -2.11. The molecule has 0 aliphatic heterocycles. The summed E-state index contributed by atoms with van der Waals surface area (Å²) in [5.41, 5.74) is 6.21. The minimum Gasteiger partial charge on any atom is -0.496 e. The summed E-state index contributed by atoms with van der Waals surface area (Å²) in [7, 11) is 1.38. The predicted octanol–water partition coefficient (Wildman–Crippen LogP) is 1.46. The van der Waals surface area contributed by atoms with E-state index in [1.165, 1.54) is 25.3 Å². The fourth-order valence-electron chi connectivity index (χ4n) is 1.54. The third-order valence-electron chi connectivity index (χ3n) is 2.69. The first-order valence-electron chi connectivity index (χ1n) is 5.94. The van der Waals surface area contributed by atoms with Crippen LogP contribution >= 0.6 is 0 Å². The third kappa shape index (κ3) is 4.26. The van der Waals surface area contributed by atoms with Crippen LogP contribution in [-0.4, -0.2) is 30.1 Å². The maximum Gasteiger partial charge on any atom is 0.339 e. The van der Waals surface area contributed by atoms with Crippen LogP contribution in [0.2, 0.25) is 0 Å². The molecule has 0 heterocycles. The second-order valence-electron chi connectivity index (χ2n) is 4.14. The van der Waals surface area contributed by atoms with Crippen LogP contribution in [0.25, 0.3) is 0 Å². The van der Waals surface area contributed by atoms with E-state index in [-0.39, 0.29) is 29.7 Å². The highest BCUT2D eigenvalue weighted by Crippen LogP contribution is 2.23. The first-order chi connectivity index (χ1) is 8.97. The fourth-order valence-corrected chi connectivity index (χ4v) is 1.54. The van der Waals surface area contributed by atoms with Crippen molar-refractivity contribution in [2.75, 3.05) is 12.4 Å². The second kappa shape index (κ2) is 6.75. The molecule has 1 aromatic carbocycles. The summed E-state index contributed by atoms with van der Waals surface area (Å²) in [5.74, 6) is -1.09. The van der Waals surface area contributed by atoms with E-state index >= 15 is 0 Å². The van der Waals surface area contributed by atoms with Crippen molar-refractivity contribution in [3.8, 4) is 5.75 Å². The molecule has 0 aliphatic rings. The van der Waals surface area contributed by atoms with E-state index in [4.69, 9.17) is 15.6 Å². The van der Waals surface area contributed by atoms with Gasteiger partial charge in [-0.15, -0.1) is 0 Å². The van der Waals surface area contributed by atoms with Crippen molar-refractivity contribution in [2.45, 2.75) is 25.8 Å². The minimum absolute atomic E-state index is 0.0470. The number of nitrogens with one attached hydrogen (secondary N) is 1. The number of amides is 1. The van der Waals surface area contributed by atoms with Crippen molar-refractivity contribution < 1.29 is 19.4 Å². The number of ether oxygens (including phenoxy) is 1. The standard InChI is InChI=1S/C13H18N2O4/c1-3-8(14)6-12(16)15-9-4-5-10(13(17)18)11(7-9)19-2/h4-5,7-8H,3,6,14H2,1-2H3,(H,15,16)(H,17,18). The lowest BCUT2D eigenvalue weighted by Crippen LogP contribution is -2.26. The minimum atomic E-state index is -1.08. The number of hydrogen-bond donors (Lipinski definition) is 3. The number of hydrogen-bond acceptors (Lipinski definition) is 4. The Morgan fingerprint density at radius 3 is 2.68 bits per heavy atom. The molecule has 0 fully saturated rings. The van der Waals surface area contributed by atoms with Gasteiger partial charge in [0.25, 0.3) is 0 Å². The van der Waals surface area contributed by atoms with Crippen molar-refractivity contribution in [1.29, 1.82) is 0 Å². The van der Waals surface area contributed by atoms with Gasteiger partial charge >= 0.3 is 5.97 Å². The summed E-state index contributed by atoms with van der Waals surface area (Å²) in [5, 5.41) is 11.6. The molecule has 1 amide bonds. The van der Waals surface area contributed by atoms with Crippen LogP contribution < -0.4 is 15.8 Å². The number of carboxylic acid groups (broad SMARTS) is 1. The van der Waals surface area contributed by atoms with Gasteiger partial charge in [-0.2, -0.15) is 0 Å². The van der Waals surface area contributed by atoms with E-state index < -0.39 is 5.97 Å². The Morgan fingerprint density at radius 1 is 1.47 bits per heavy atom. The number of benzene rings is 1. The van der Waals surface area contributed by atoms with Gasteiger partial charge in [-0.05, 0) is 18.6 Å². The average molecular weight is 266 g/mol. The molecule has 0 spiro atoms. The van der Waals surface area contributed by atoms with Gasteiger partial charge in [0.05, 0.1) is 7.11 Å². The maximum absolute atomic E-state index is 11.7. The van der Waals surface area contributed by atoms with Crippen LogP contribution in [0.15, 0.2) is 18.2 Å². The Morgan fingerprint density at radius 2 is 2.16 bits per heavy atom. The predicted molar refractivity (Wildman–Crippen MR) is 71.5 cm³/mol. The van der Waals surface area contributed by atoms with Gasteiger partial charge in [0.1, 0.15) is 11.3 Å². The van der Waals surface area contributed by atoms with E-state index in [0.717, 1.165) is 0 Å². The van der Waals surface area contributed by atoms with Crippen molar-refractivity contribution in [3.05, 3.63) is 23.8 Å². The van der Waals surface area contributed by atoms with Gasteiger partial charge in [0.15, 0.2) is 0 Å². The topological polar surface area (TPSA) is 102 Å². The summed E-state index contributed by atoms with van der Waals surface area (Å²) in [6, 6.07) is 4.19. The summed E-state index contributed by atoms with van der Waals surface area (Å²) >= 11 is 0. The van der Waals surface area contributed by atoms with E-state index in [2.05, 4.69) is 5.32 Å². The highest BCUT2D eigenvalue weighted by Gasteiger charge is 2.13. The molecule has 104 valence electrons. The molecule has 0 aromatic heterocycles. The number of carbonyl (C=O) groups excluding carboxylic acids is 1. The third-order valence-corrected chi connectivity index (χ3v) is 2.69. The van der Waals surface area contributed by atoms with Gasteiger partial charge in [0, 0.05) is 24.2 Å². The zero-order valence-electron chi connectivity index (χ0n) is 11.0. The number of aromatic carboxylic acids is 1. The quantitative estimate of drug-likeness (QED) is 0.723. The number of carbonyl (C=O) groups is 2. The summed E-state index contributed by atoms with van der Waals surface area (Å²) in [6.07, 6.45) is 0.939. The van der Waals surface area contributed by atoms with Gasteiger partial charge in [-0.1, -0.05) is 6.92 Å². The molecule has 4 N–H and O–H groups in total. The molecule has 0 aliphatic carbocycles. The largest absolute Gasteiger partial charge is 0.496 e. The molecule has 0 saturated carbocycles. The molecule has 0 radical (unpaired) electrons. The summed E-state index contributed by atoms with van der Waals surface area (Å²) in [6.45, 7) is 1.91. The van der Waals surface area contributed by atoms with Crippen molar-refractivity contribution in [3.63, 3.8) is 0 Å². The zero-order valence-corrected chi connectivity index (χ0v) is 11.0. The number of rotatable bonds is 6. The Kier molecular flexibility index (Phi) is 5.32. The highest BCUT2D eigenvalue weighted by atomic mass is 16.5. The molecule has 0 bridgehead atoms. The number of methoxy groups -OCH3 is 1. The average Bonchev–Trinajstić information content (AvgIpc) is 2.37. The highest BCUT2D eigenvalue weighted by molar-refractivity contribution is 5.94. The number of nitrogens with two attached hydrogens (primary N) is 1. The first kappa shape index (κ1) is 15.0. The fraction of sp³-hybridized carbons (Fsp3) is 0.385. The molecule has 1 atom stereocenters. The summed E-state index contributed by atoms with van der Waals surface area (Å²) < 4.78 is 4.97. The van der Waals surface area contributed by atoms with Crippen LogP contribution in [0, 0.1) is 0 Å². The lowest BCUT2D eigenvalue weighted by atomic mass is 10.1. The van der Waals surface area contributed by atoms with Crippen LogP contribution in [0.4, 0.5) is 5.69 Å². The van der Waals surface area contributed by atoms with E-state index in [9.17, 15) is 9.59 Å². The van der Waals surface area contributed by atoms with Crippen LogP contribution in [0.5, 0.6) is 5.75 Å². The van der Waals surface area contributed by atoms with Gasteiger partial charge in [-0.25, -0.2) is 4.79 Å². The first-order valence-corrected chi connectivity index (χ1v) is 5.94. The molecule has 19 heavy (non-hydrogen) atoms. The van der Waals surface area contributed by atoms with E-state index in [0.29, 0.717) is 12.1 Å². The van der Waals surface area contributed by atoms with Crippen molar-refractivity contribution in [2.24, 2.45) is 5.73 Å². The van der Waals surface area contributed by atoms with Crippen LogP contribution in [0.1, 0.15) is 30.1 Å². The smallest absolute Gasteiger partial charge is 0.339 e. The monoisotopic (exact) mass is 266 g/mol. The van der Waals surface area contributed by atoms with Crippen LogP contribution in [0.3, 0.4) is 0 Å². The second-order valence-corrected chi connectivity index (χ2v) is 4.14. The Balaban J connectivity index is 2.80. The Bertz CT molecular complexity index is 474. The molecular weight excluding hydrogens is 248 g/mol. The molecular formula is C13H18N2O4. The molecule has 1 unspecified atom stereocenters. The van der Waals surface area contributed by atoms with Gasteiger partial charge in [0.2, 0.25) is 5.91 Å². The molecule has 6 nitrogen and oxygen atoms in total. The normalized spacial score (nSPS) is 11.7. The SMILES string of the molecule is CCC(N)CC(=O)Nc1ccc(C(=O)O)c(OC)c1. The number of carboxylic acids is 1. The number of anilines is 1. The van der Waals surface area contributed by atoms with E-state index in [1.807, 2.05) is 6.92 Å². The Labute approximate surface area is 111 Å². The molecule has 0 saturated heterocycles. The lowest BCUT2D eigenvalue weighted by molar-refractivity contribution is -0.116. The van der Waals surface area contributed by atoms with Crippen LogP contribution in [-0.2, 0) is 4.79 Å². The maximum atomic E-state index is 11.7. The van der Waals surface area contributed by atoms with Crippen molar-refractivity contribution >= 4 is 17.6 Å². The van der Waals surface area contributed by atoms with E-state index in [1.54, 1.807) is 0 Å². The molecule has 1 aromatic rings. The Hall–Kier alpha value is -2.08. The van der Waals surface area contributed by atoms with Gasteiger partial charge < -0.3 is 20.9 Å². The zero-order chi connectivity index (χ0) is 14.4. The molecule has 6 heteroatoms. The van der Waals surface area contributed by atoms with Crippen molar-refractivity contribution in [1.82, 2.24) is 0 Å². The molecule has 1 rings (SSSR count). The summed E-state index contributed by atoms with van der Waals surface area (Å²) in [4.78, 5) is 22.6.